The van der Waals surface area contributed by atoms with Crippen molar-refractivity contribution in [1.82, 2.24) is 9.55 Å². The fraction of sp³-hybridized carbons (Fsp3) is 0.350. The number of terminal acetylenes is 1. The van der Waals surface area contributed by atoms with Gasteiger partial charge in [0.05, 0.1) is 13.2 Å². The number of H-pyrrole nitrogens is 1. The number of ether oxygens (including phenoxy) is 1. The molecule has 1 aromatic heterocycles. The number of hydrogen-bond donors (Lipinski definition) is 2. The molecule has 0 aliphatic carbocycles. The van der Waals surface area contributed by atoms with E-state index in [1.54, 1.807) is 39.0 Å². The number of aromatic nitrogens is 2. The number of rotatable bonds is 7. The minimum Gasteiger partial charge on any atom is -0.394 e. The van der Waals surface area contributed by atoms with Crippen LogP contribution in [0.15, 0.2) is 27.8 Å². The molecule has 7 heteroatoms. The Bertz CT molecular complexity index is 1010. The highest BCUT2D eigenvalue weighted by Gasteiger charge is 2.24. The van der Waals surface area contributed by atoms with Crippen LogP contribution in [0.4, 0.5) is 0 Å². The minimum atomic E-state index is -0.754. The SMILES string of the molecule is C#Cc1cc(C)cc(C(=O)c2c(C(C)C)c(=O)[nH]c(=O)n2COCCO)c1. The summed E-state index contributed by atoms with van der Waals surface area (Å²) < 4.78 is 6.30. The van der Waals surface area contributed by atoms with Crippen molar-refractivity contribution >= 4 is 5.78 Å². The molecule has 0 atom stereocenters. The Balaban J connectivity index is 2.74. The first-order valence-corrected chi connectivity index (χ1v) is 8.48. The van der Waals surface area contributed by atoms with Crippen molar-refractivity contribution in [2.45, 2.75) is 33.4 Å². The third kappa shape index (κ3) is 4.42. The van der Waals surface area contributed by atoms with Crippen LogP contribution in [0.1, 0.15) is 52.5 Å². The Morgan fingerprint density at radius 3 is 2.63 bits per heavy atom. The van der Waals surface area contributed by atoms with Crippen LogP contribution in [0.2, 0.25) is 0 Å². The number of carbonyl (C=O) groups is 1. The van der Waals surface area contributed by atoms with Crippen molar-refractivity contribution in [2.24, 2.45) is 0 Å². The Morgan fingerprint density at radius 1 is 1.33 bits per heavy atom. The third-order valence-electron chi connectivity index (χ3n) is 3.99. The van der Waals surface area contributed by atoms with Crippen molar-refractivity contribution < 1.29 is 14.6 Å². The molecule has 7 nitrogen and oxygen atoms in total. The lowest BCUT2D eigenvalue weighted by Crippen LogP contribution is -2.38. The van der Waals surface area contributed by atoms with Crippen molar-refractivity contribution in [3.05, 3.63) is 67.0 Å². The molecule has 0 spiro atoms. The first-order valence-electron chi connectivity index (χ1n) is 8.48. The highest BCUT2D eigenvalue weighted by Crippen LogP contribution is 2.20. The molecular formula is C20H22N2O5. The summed E-state index contributed by atoms with van der Waals surface area (Å²) in [5.74, 6) is 1.69. The number of benzene rings is 1. The molecule has 0 aliphatic rings. The Labute approximate surface area is 156 Å². The van der Waals surface area contributed by atoms with E-state index in [0.717, 1.165) is 10.1 Å². The summed E-state index contributed by atoms with van der Waals surface area (Å²) in [5.41, 5.74) is 0.388. The van der Waals surface area contributed by atoms with E-state index in [1.165, 1.54) is 0 Å². The molecule has 0 amide bonds. The van der Waals surface area contributed by atoms with Gasteiger partial charge in [0.25, 0.3) is 5.56 Å². The van der Waals surface area contributed by atoms with E-state index >= 15 is 0 Å². The lowest BCUT2D eigenvalue weighted by atomic mass is 9.95. The standard InChI is InChI=1S/C20H22N2O5/c1-5-14-8-13(4)9-15(10-14)18(24)17-16(12(2)3)19(25)21-20(26)22(17)11-27-7-6-23/h1,8-10,12,23H,6-7,11H2,2-4H3,(H,21,25,26). The predicted octanol–water partition coefficient (Wildman–Crippen LogP) is 1.15. The topological polar surface area (TPSA) is 101 Å². The average molecular weight is 370 g/mol. The van der Waals surface area contributed by atoms with Gasteiger partial charge < -0.3 is 9.84 Å². The summed E-state index contributed by atoms with van der Waals surface area (Å²) in [5, 5.41) is 8.89. The van der Waals surface area contributed by atoms with Crippen LogP contribution in [0.25, 0.3) is 0 Å². The van der Waals surface area contributed by atoms with E-state index in [1.807, 2.05) is 0 Å². The van der Waals surface area contributed by atoms with E-state index in [2.05, 4.69) is 10.9 Å². The zero-order chi connectivity index (χ0) is 20.1. The summed E-state index contributed by atoms with van der Waals surface area (Å²) in [6.45, 7) is 4.80. The van der Waals surface area contributed by atoms with Crippen molar-refractivity contribution in [3.63, 3.8) is 0 Å². The second-order valence-electron chi connectivity index (χ2n) is 6.43. The molecule has 2 N–H and O–H groups in total. The number of aliphatic hydroxyl groups is 1. The van der Waals surface area contributed by atoms with Gasteiger partial charge in [0.15, 0.2) is 0 Å². The second kappa shape index (κ2) is 8.62. The minimum absolute atomic E-state index is 0.0120. The van der Waals surface area contributed by atoms with Gasteiger partial charge >= 0.3 is 5.69 Å². The molecule has 0 fully saturated rings. The first-order chi connectivity index (χ1) is 12.8. The molecule has 142 valence electrons. The van der Waals surface area contributed by atoms with Crippen LogP contribution in [0, 0.1) is 19.3 Å². The van der Waals surface area contributed by atoms with Gasteiger partial charge in [-0.3, -0.25) is 19.1 Å². The number of nitrogens with zero attached hydrogens (tertiary/aromatic N) is 1. The number of carbonyl (C=O) groups excluding carboxylic acids is 1. The molecule has 0 radical (unpaired) electrons. The monoisotopic (exact) mass is 370 g/mol. The number of aliphatic hydroxyl groups excluding tert-OH is 1. The maximum atomic E-state index is 13.3. The van der Waals surface area contributed by atoms with Gasteiger partial charge in [0.2, 0.25) is 5.78 Å². The molecule has 2 rings (SSSR count). The summed E-state index contributed by atoms with van der Waals surface area (Å²) in [6.07, 6.45) is 5.45. The number of nitrogens with one attached hydrogen (secondary N) is 1. The predicted molar refractivity (Wildman–Crippen MR) is 101 cm³/mol. The van der Waals surface area contributed by atoms with Gasteiger partial charge in [0, 0.05) is 16.7 Å². The quantitative estimate of drug-likeness (QED) is 0.432. The maximum Gasteiger partial charge on any atom is 0.330 e. The fourth-order valence-electron chi connectivity index (χ4n) is 2.84. The number of aryl methyl sites for hydroxylation is 1. The van der Waals surface area contributed by atoms with Crippen LogP contribution in [-0.2, 0) is 11.5 Å². The zero-order valence-electron chi connectivity index (χ0n) is 15.5. The first kappa shape index (κ1) is 20.4. The van der Waals surface area contributed by atoms with Crippen molar-refractivity contribution in [3.8, 4) is 12.3 Å². The number of ketones is 1. The van der Waals surface area contributed by atoms with Crippen molar-refractivity contribution in [1.29, 1.82) is 0 Å². The summed E-state index contributed by atoms with van der Waals surface area (Å²) in [4.78, 5) is 40.2. The van der Waals surface area contributed by atoms with Crippen LogP contribution >= 0.6 is 0 Å². The highest BCUT2D eigenvalue weighted by atomic mass is 16.5. The molecular weight excluding hydrogens is 348 g/mol. The molecule has 1 heterocycles. The van der Waals surface area contributed by atoms with Crippen molar-refractivity contribution in [2.75, 3.05) is 13.2 Å². The second-order valence-corrected chi connectivity index (χ2v) is 6.43. The molecule has 27 heavy (non-hydrogen) atoms. The smallest absolute Gasteiger partial charge is 0.330 e. The molecule has 0 bridgehead atoms. The van der Waals surface area contributed by atoms with Gasteiger partial charge in [-0.2, -0.15) is 0 Å². The van der Waals surface area contributed by atoms with Gasteiger partial charge in [-0.05, 0) is 36.6 Å². The van der Waals surface area contributed by atoms with Gasteiger partial charge in [-0.25, -0.2) is 4.79 Å². The van der Waals surface area contributed by atoms with Gasteiger partial charge in [0.1, 0.15) is 12.4 Å². The third-order valence-corrected chi connectivity index (χ3v) is 3.99. The van der Waals surface area contributed by atoms with Gasteiger partial charge in [-0.1, -0.05) is 19.8 Å². The Morgan fingerprint density at radius 2 is 2.04 bits per heavy atom. The van der Waals surface area contributed by atoms with E-state index in [0.29, 0.717) is 5.56 Å². The summed E-state index contributed by atoms with van der Waals surface area (Å²) >= 11 is 0. The molecule has 0 saturated heterocycles. The maximum absolute atomic E-state index is 13.3. The lowest BCUT2D eigenvalue weighted by molar-refractivity contribution is 0.0437. The van der Waals surface area contributed by atoms with Crippen LogP contribution in [-0.4, -0.2) is 33.7 Å². The Hall–Kier alpha value is -2.95. The largest absolute Gasteiger partial charge is 0.394 e. The van der Waals surface area contributed by atoms with Crippen LogP contribution in [0.3, 0.4) is 0 Å². The summed E-state index contributed by atoms with van der Waals surface area (Å²) in [6, 6.07) is 4.96. The number of hydrogen-bond acceptors (Lipinski definition) is 5. The zero-order valence-corrected chi connectivity index (χ0v) is 15.5. The molecule has 0 aliphatic heterocycles. The molecule has 2 aromatic rings. The number of aromatic amines is 1. The van der Waals surface area contributed by atoms with E-state index in [4.69, 9.17) is 16.3 Å². The van der Waals surface area contributed by atoms with Gasteiger partial charge in [-0.15, -0.1) is 6.42 Å². The van der Waals surface area contributed by atoms with Crippen LogP contribution < -0.4 is 11.2 Å². The molecule has 1 aromatic carbocycles. The molecule has 0 saturated carbocycles. The fourth-order valence-corrected chi connectivity index (χ4v) is 2.84. The van der Waals surface area contributed by atoms with E-state index in [-0.39, 0.29) is 42.7 Å². The summed E-state index contributed by atoms with van der Waals surface area (Å²) in [7, 11) is 0. The van der Waals surface area contributed by atoms with E-state index < -0.39 is 17.0 Å². The molecule has 0 unspecified atom stereocenters. The normalized spacial score (nSPS) is 10.8. The Kier molecular flexibility index (Phi) is 6.50. The lowest BCUT2D eigenvalue weighted by Gasteiger charge is -2.17. The highest BCUT2D eigenvalue weighted by molar-refractivity contribution is 6.09. The van der Waals surface area contributed by atoms with Crippen LogP contribution in [0.5, 0.6) is 0 Å². The average Bonchev–Trinajstić information content (AvgIpc) is 2.61. The van der Waals surface area contributed by atoms with E-state index in [9.17, 15) is 14.4 Å².